The second-order valence-corrected chi connectivity index (χ2v) is 7.32. The number of carbonyl (C=O) groups excluding carboxylic acids is 3. The van der Waals surface area contributed by atoms with Crippen molar-refractivity contribution in [3.63, 3.8) is 0 Å². The summed E-state index contributed by atoms with van der Waals surface area (Å²) in [5.74, 6) is -17.2. The van der Waals surface area contributed by atoms with E-state index in [9.17, 15) is 60.4 Å². The second-order valence-electron chi connectivity index (χ2n) is 7.32. The molecule has 2 aromatic carbocycles. The normalized spacial score (nSPS) is 11.6. The number of hydrogen-bond acceptors (Lipinski definition) is 7. The van der Waals surface area contributed by atoms with Crippen LogP contribution in [0.2, 0.25) is 0 Å². The van der Waals surface area contributed by atoms with Crippen LogP contribution < -0.4 is 104 Å². The van der Waals surface area contributed by atoms with Crippen LogP contribution in [0.25, 0.3) is 0 Å². The third kappa shape index (κ3) is 9.46. The quantitative estimate of drug-likeness (QED) is 0.203. The summed E-state index contributed by atoms with van der Waals surface area (Å²) in [6.07, 6.45) is -6.52. The Kier molecular flexibility index (Phi) is 15.9. The maximum Gasteiger partial charge on any atom is 1.00 e. The monoisotopic (exact) mass is 577 g/mol. The van der Waals surface area contributed by atoms with Gasteiger partial charge in [-0.1, -0.05) is 36.4 Å². The average Bonchev–Trinajstić information content (AvgIpc) is 2.72. The molecule has 0 saturated heterocycles. The molecule has 0 aliphatic rings. The summed E-state index contributed by atoms with van der Waals surface area (Å²) in [6, 6.07) is 5.12. The van der Waals surface area contributed by atoms with Gasteiger partial charge in [0.2, 0.25) is 0 Å². The van der Waals surface area contributed by atoms with Crippen molar-refractivity contribution in [3.8, 4) is 0 Å². The second kappa shape index (κ2) is 15.4. The van der Waals surface area contributed by atoms with Crippen LogP contribution in [0.4, 0.5) is 30.7 Å². The van der Waals surface area contributed by atoms with Crippen molar-refractivity contribution < 1.29 is 149 Å². The maximum atomic E-state index is 13.8. The van der Waals surface area contributed by atoms with Gasteiger partial charge in [-0.25, -0.2) is 0 Å². The molecule has 0 radical (unpaired) electrons. The van der Waals surface area contributed by atoms with Gasteiger partial charge < -0.3 is 29.7 Å². The molecule has 17 heteroatoms. The van der Waals surface area contributed by atoms with Crippen molar-refractivity contribution in [2.75, 3.05) is 6.54 Å². The van der Waals surface area contributed by atoms with E-state index in [1.165, 1.54) is 0 Å². The molecule has 0 unspecified atom stereocenters. The maximum absolute atomic E-state index is 13.8. The minimum atomic E-state index is -6.52. The molecule has 190 valence electrons. The Morgan fingerprint density at radius 3 is 1.55 bits per heavy atom. The minimum absolute atomic E-state index is 0. The van der Waals surface area contributed by atoms with E-state index in [1.54, 1.807) is 0 Å². The number of aliphatic carboxylic acids is 1. The van der Waals surface area contributed by atoms with Crippen molar-refractivity contribution in [2.45, 2.75) is 31.1 Å². The third-order valence-corrected chi connectivity index (χ3v) is 4.76. The fraction of sp³-hybridized carbons (Fsp3) is 0.286. The molecule has 0 aromatic heterocycles. The molecule has 0 aliphatic heterocycles. The zero-order valence-corrected chi connectivity index (χ0v) is 26.2. The molecular weight excluding hydrogens is 564 g/mol. The van der Waals surface area contributed by atoms with Gasteiger partial charge in [0.1, 0.15) is 0 Å². The van der Waals surface area contributed by atoms with Crippen LogP contribution in [-0.4, -0.2) is 41.5 Å². The Morgan fingerprint density at radius 1 is 0.684 bits per heavy atom. The predicted molar refractivity (Wildman–Crippen MR) is 95.6 cm³/mol. The summed E-state index contributed by atoms with van der Waals surface area (Å²) in [5, 5.41) is 33.2. The fourth-order valence-corrected chi connectivity index (χ4v) is 3.08. The average molecular weight is 577 g/mol. The molecule has 0 N–H and O–H groups in total. The van der Waals surface area contributed by atoms with E-state index in [-0.39, 0.29) is 113 Å². The largest absolute Gasteiger partial charge is 1.00 e. The molecular formula is C21H13F7NNa3O6. The molecule has 7 nitrogen and oxygen atoms in total. The van der Waals surface area contributed by atoms with Gasteiger partial charge in [-0.2, -0.15) is 30.7 Å². The van der Waals surface area contributed by atoms with Crippen LogP contribution in [-0.2, 0) is 23.8 Å². The molecule has 0 fully saturated rings. The number of aromatic carboxylic acids is 2. The van der Waals surface area contributed by atoms with Gasteiger partial charge in [0.15, 0.2) is 0 Å². The Labute approximate surface area is 277 Å². The molecule has 0 aliphatic carbocycles. The van der Waals surface area contributed by atoms with Crippen LogP contribution in [0.5, 0.6) is 0 Å². The summed E-state index contributed by atoms with van der Waals surface area (Å²) >= 11 is 0. The number of rotatable bonds is 10. The van der Waals surface area contributed by atoms with Crippen LogP contribution >= 0.6 is 0 Å². The van der Waals surface area contributed by atoms with E-state index in [4.69, 9.17) is 0 Å². The van der Waals surface area contributed by atoms with Crippen LogP contribution in [0.1, 0.15) is 37.4 Å². The van der Waals surface area contributed by atoms with E-state index < -0.39 is 59.2 Å². The zero-order valence-electron chi connectivity index (χ0n) is 20.2. The van der Waals surface area contributed by atoms with Gasteiger partial charge in [-0.15, -0.1) is 0 Å². The van der Waals surface area contributed by atoms with Gasteiger partial charge >= 0.3 is 107 Å². The molecule has 2 rings (SSSR count). The van der Waals surface area contributed by atoms with Gasteiger partial charge in [-0.05, 0) is 17.2 Å². The van der Waals surface area contributed by atoms with Crippen molar-refractivity contribution in [3.05, 3.63) is 70.3 Å². The van der Waals surface area contributed by atoms with Crippen LogP contribution in [0.15, 0.2) is 42.5 Å². The minimum Gasteiger partial charge on any atom is -0.549 e. The van der Waals surface area contributed by atoms with Crippen molar-refractivity contribution >= 4 is 17.9 Å². The van der Waals surface area contributed by atoms with E-state index in [2.05, 4.69) is 0 Å². The van der Waals surface area contributed by atoms with Gasteiger partial charge in [0.25, 0.3) is 0 Å². The summed E-state index contributed by atoms with van der Waals surface area (Å²) < 4.78 is 91.2. The molecule has 0 bridgehead atoms. The number of halogens is 7. The number of carboxylic acids is 3. The first-order valence-electron chi connectivity index (χ1n) is 9.37. The van der Waals surface area contributed by atoms with Crippen molar-refractivity contribution in [1.29, 1.82) is 0 Å². The molecule has 0 saturated carbocycles. The van der Waals surface area contributed by atoms with Crippen molar-refractivity contribution in [1.82, 2.24) is 4.90 Å². The Hall–Kier alpha value is -0.680. The fourth-order valence-electron chi connectivity index (χ4n) is 3.08. The first-order valence-corrected chi connectivity index (χ1v) is 9.37. The number of hydrogen-bond donors (Lipinski definition) is 0. The SMILES string of the molecule is O=C([O-])CN(Cc1ccc(C(F)(F)C(F)(F)C(F)(F)F)cc1)Cc1ccc(C(=O)[O-])c(C(=O)[O-])c1.[Na+].[Na+].[Na+]. The standard InChI is InChI=1S/C21H16F7NO6.3Na/c22-19(23,20(24,25)21(26,27)28)13-4-1-11(2-5-13)8-29(10-16(30)31)9-12-3-6-14(17(32)33)15(7-12)18(34)35;;;/h1-7H,8-10H2,(H,30,31)(H,32,33)(H,34,35);;;/q;3*+1/p-3. The van der Waals surface area contributed by atoms with E-state index in [1.807, 2.05) is 0 Å². The van der Waals surface area contributed by atoms with Gasteiger partial charge in [-0.3, -0.25) is 4.90 Å². The Balaban J connectivity index is 0. The number of nitrogens with zero attached hydrogens (tertiary/aromatic N) is 1. The molecule has 0 amide bonds. The van der Waals surface area contributed by atoms with Crippen LogP contribution in [0.3, 0.4) is 0 Å². The first kappa shape index (κ1) is 39.5. The topological polar surface area (TPSA) is 124 Å². The molecule has 0 spiro atoms. The molecule has 0 heterocycles. The van der Waals surface area contributed by atoms with Gasteiger partial charge in [0.05, 0.1) is 17.9 Å². The summed E-state index contributed by atoms with van der Waals surface area (Å²) in [5.41, 5.74) is -2.98. The number of carbonyl (C=O) groups is 3. The third-order valence-electron chi connectivity index (χ3n) is 4.76. The number of alkyl halides is 7. The smallest absolute Gasteiger partial charge is 0.549 e. The van der Waals surface area contributed by atoms with E-state index >= 15 is 0 Å². The number of carboxylic acid groups (broad SMARTS) is 3. The van der Waals surface area contributed by atoms with Gasteiger partial charge in [0, 0.05) is 36.3 Å². The molecule has 0 atom stereocenters. The van der Waals surface area contributed by atoms with E-state index in [0.717, 1.165) is 35.2 Å². The van der Waals surface area contributed by atoms with E-state index in [0.29, 0.717) is 12.1 Å². The summed E-state index contributed by atoms with van der Waals surface area (Å²) in [6.45, 7) is -1.52. The van der Waals surface area contributed by atoms with Crippen molar-refractivity contribution in [2.24, 2.45) is 0 Å². The Morgan fingerprint density at radius 2 is 1.13 bits per heavy atom. The first-order chi connectivity index (χ1) is 16.0. The predicted octanol–water partition coefficient (Wildman–Crippen LogP) is -8.53. The zero-order chi connectivity index (χ0) is 26.8. The molecule has 38 heavy (non-hydrogen) atoms. The molecule has 2 aromatic rings. The van der Waals surface area contributed by atoms with Crippen LogP contribution in [0, 0.1) is 0 Å². The Bertz CT molecular complexity index is 1130. The summed E-state index contributed by atoms with van der Waals surface area (Å²) in [7, 11) is 0. The number of benzene rings is 2. The summed E-state index contributed by atoms with van der Waals surface area (Å²) in [4.78, 5) is 34.3.